The third-order valence-electron chi connectivity index (χ3n) is 8.86. The van der Waals surface area contributed by atoms with Gasteiger partial charge < -0.3 is 5.11 Å². The number of rotatable bonds is 1. The lowest BCUT2D eigenvalue weighted by molar-refractivity contribution is -0.128. The van der Waals surface area contributed by atoms with Crippen molar-refractivity contribution in [2.45, 2.75) is 78.7 Å². The molecule has 3 saturated carbocycles. The van der Waals surface area contributed by atoms with Crippen molar-refractivity contribution in [2.24, 2.45) is 40.4 Å². The van der Waals surface area contributed by atoms with E-state index in [1.165, 1.54) is 25.7 Å². The summed E-state index contributed by atoms with van der Waals surface area (Å²) in [7, 11) is 0. The zero-order chi connectivity index (χ0) is 17.3. The molecule has 0 aromatic carbocycles. The van der Waals surface area contributed by atoms with Gasteiger partial charge in [0.15, 0.2) is 0 Å². The zero-order valence-corrected chi connectivity index (χ0v) is 15.8. The maximum Gasteiger partial charge on any atom is 0.133 e. The van der Waals surface area contributed by atoms with Gasteiger partial charge in [0.05, 0.1) is 6.10 Å². The number of fused-ring (bicyclic) bond motifs is 5. The normalized spacial score (nSPS) is 53.6. The first kappa shape index (κ1) is 16.8. The summed E-state index contributed by atoms with van der Waals surface area (Å²) in [5, 5.41) is 10.1. The first-order valence-corrected chi connectivity index (χ1v) is 10.2. The second-order valence-electron chi connectivity index (χ2n) is 10.0. The van der Waals surface area contributed by atoms with Crippen LogP contribution >= 0.6 is 0 Å². The minimum absolute atomic E-state index is 0.122. The Balaban J connectivity index is 1.68. The molecule has 0 amide bonds. The van der Waals surface area contributed by atoms with Crippen molar-refractivity contribution in [2.75, 3.05) is 0 Å². The lowest BCUT2D eigenvalue weighted by Crippen LogP contribution is -2.51. The number of Topliss-reactive ketones (excluding diaryl/α,β-unsaturated/α-hetero) is 1. The molecule has 4 aliphatic carbocycles. The molecule has 0 aromatic heterocycles. The first-order valence-electron chi connectivity index (χ1n) is 10.2. The molecule has 4 aliphatic rings. The van der Waals surface area contributed by atoms with Crippen LogP contribution in [0.5, 0.6) is 0 Å². The number of aliphatic hydroxyl groups excluding tert-OH is 1. The molecule has 0 spiro atoms. The van der Waals surface area contributed by atoms with Crippen LogP contribution in [0.3, 0.4) is 0 Å². The van der Waals surface area contributed by atoms with Gasteiger partial charge in [-0.05, 0) is 86.4 Å². The van der Waals surface area contributed by atoms with Crippen molar-refractivity contribution >= 4 is 5.78 Å². The zero-order valence-electron chi connectivity index (χ0n) is 15.8. The van der Waals surface area contributed by atoms with Crippen LogP contribution in [0.4, 0.5) is 0 Å². The number of aliphatic hydroxyl groups is 1. The van der Waals surface area contributed by atoms with Crippen LogP contribution in [0, 0.1) is 40.4 Å². The third-order valence-corrected chi connectivity index (χ3v) is 8.86. The first-order chi connectivity index (χ1) is 11.3. The van der Waals surface area contributed by atoms with E-state index in [0.717, 1.165) is 31.1 Å². The predicted molar refractivity (Wildman–Crippen MR) is 96.4 cm³/mol. The molecule has 0 radical (unpaired) electrons. The summed E-state index contributed by atoms with van der Waals surface area (Å²) in [6.07, 6.45) is 10.3. The van der Waals surface area contributed by atoms with Gasteiger partial charge in [-0.15, -0.1) is 0 Å². The van der Waals surface area contributed by atoms with Crippen molar-refractivity contribution in [3.05, 3.63) is 11.6 Å². The van der Waals surface area contributed by atoms with Crippen molar-refractivity contribution in [1.29, 1.82) is 0 Å². The molecule has 0 aliphatic heterocycles. The minimum Gasteiger partial charge on any atom is -0.393 e. The molecule has 8 atom stereocenters. The van der Waals surface area contributed by atoms with Crippen LogP contribution in [0.1, 0.15) is 72.6 Å². The number of allylic oxidation sites excluding steroid dienone is 1. The smallest absolute Gasteiger partial charge is 0.133 e. The minimum atomic E-state index is -0.122. The fraction of sp³-hybridized carbons (Fsp3) is 0.864. The van der Waals surface area contributed by atoms with E-state index >= 15 is 0 Å². The van der Waals surface area contributed by atoms with Gasteiger partial charge >= 0.3 is 0 Å². The average Bonchev–Trinajstić information content (AvgIpc) is 2.78. The highest BCUT2D eigenvalue weighted by Crippen LogP contribution is 2.67. The van der Waals surface area contributed by atoms with Gasteiger partial charge in [0.25, 0.3) is 0 Å². The molecule has 1 N–H and O–H groups in total. The van der Waals surface area contributed by atoms with Crippen LogP contribution in [0.25, 0.3) is 0 Å². The van der Waals surface area contributed by atoms with E-state index in [-0.39, 0.29) is 17.4 Å². The number of carbonyl (C=O) groups excluding carboxylic acids is 1. The molecule has 134 valence electrons. The van der Waals surface area contributed by atoms with E-state index in [4.69, 9.17) is 0 Å². The Hall–Kier alpha value is -0.630. The molecule has 0 aromatic rings. The van der Waals surface area contributed by atoms with Gasteiger partial charge in [-0.1, -0.05) is 32.4 Å². The topological polar surface area (TPSA) is 37.3 Å². The summed E-state index contributed by atoms with van der Waals surface area (Å²) in [6.45, 7) is 9.04. The van der Waals surface area contributed by atoms with Crippen molar-refractivity contribution in [3.63, 3.8) is 0 Å². The standard InChI is InChI=1S/C22H34O2/c1-13-11-19-17-6-5-15-12-16(24)7-9-21(15,3)18(17)8-10-22(19,4)20(13)14(2)23/h5,13,16-20,24H,6-12H2,1-4H3/t13-,16-,17-,18-,19-,20+,21+,22+/m1/s1. The Morgan fingerprint density at radius 2 is 1.96 bits per heavy atom. The molecule has 24 heavy (non-hydrogen) atoms. The van der Waals surface area contributed by atoms with Crippen LogP contribution < -0.4 is 0 Å². The quantitative estimate of drug-likeness (QED) is 0.704. The van der Waals surface area contributed by atoms with Gasteiger partial charge in [0, 0.05) is 5.92 Å². The molecule has 0 unspecified atom stereocenters. The van der Waals surface area contributed by atoms with Crippen molar-refractivity contribution < 1.29 is 9.90 Å². The molecule has 3 fully saturated rings. The van der Waals surface area contributed by atoms with Crippen LogP contribution in [-0.2, 0) is 4.79 Å². The van der Waals surface area contributed by atoms with Crippen LogP contribution in [-0.4, -0.2) is 17.0 Å². The molecule has 2 heteroatoms. The van der Waals surface area contributed by atoms with Gasteiger partial charge in [-0.2, -0.15) is 0 Å². The van der Waals surface area contributed by atoms with Crippen LogP contribution in [0.2, 0.25) is 0 Å². The van der Waals surface area contributed by atoms with Crippen LogP contribution in [0.15, 0.2) is 11.6 Å². The van der Waals surface area contributed by atoms with Crippen molar-refractivity contribution in [3.8, 4) is 0 Å². The molecule has 0 bridgehead atoms. The summed E-state index contributed by atoms with van der Waals surface area (Å²) >= 11 is 0. The second kappa shape index (κ2) is 5.43. The van der Waals surface area contributed by atoms with Gasteiger partial charge in [-0.3, -0.25) is 4.79 Å². The largest absolute Gasteiger partial charge is 0.393 e. The molecular formula is C22H34O2. The van der Waals surface area contributed by atoms with E-state index < -0.39 is 0 Å². The molecule has 0 heterocycles. The van der Waals surface area contributed by atoms with E-state index in [1.807, 2.05) is 6.92 Å². The Bertz CT molecular complexity index is 579. The number of hydrogen-bond acceptors (Lipinski definition) is 2. The summed E-state index contributed by atoms with van der Waals surface area (Å²) in [5.41, 5.74) is 2.07. The van der Waals surface area contributed by atoms with E-state index in [0.29, 0.717) is 23.0 Å². The van der Waals surface area contributed by atoms with Gasteiger partial charge in [0.1, 0.15) is 5.78 Å². The van der Waals surface area contributed by atoms with E-state index in [9.17, 15) is 9.90 Å². The Morgan fingerprint density at radius 3 is 2.67 bits per heavy atom. The fourth-order valence-corrected chi connectivity index (χ4v) is 7.87. The lowest BCUT2D eigenvalue weighted by atomic mass is 9.47. The van der Waals surface area contributed by atoms with Crippen molar-refractivity contribution in [1.82, 2.24) is 0 Å². The summed E-state index contributed by atoms with van der Waals surface area (Å²) < 4.78 is 0. The highest BCUT2D eigenvalue weighted by Gasteiger charge is 2.61. The predicted octanol–water partition coefficient (Wildman–Crippen LogP) is 4.76. The number of carbonyl (C=O) groups is 1. The summed E-state index contributed by atoms with van der Waals surface area (Å²) in [4.78, 5) is 12.4. The molecule has 4 rings (SSSR count). The summed E-state index contributed by atoms with van der Waals surface area (Å²) in [5.74, 6) is 3.46. The molecular weight excluding hydrogens is 296 g/mol. The van der Waals surface area contributed by atoms with Gasteiger partial charge in [-0.25, -0.2) is 0 Å². The third kappa shape index (κ3) is 2.14. The lowest BCUT2D eigenvalue weighted by Gasteiger charge is -2.57. The molecule has 2 nitrogen and oxygen atoms in total. The Kier molecular flexibility index (Phi) is 3.81. The maximum atomic E-state index is 12.4. The maximum absolute atomic E-state index is 12.4. The van der Waals surface area contributed by atoms with E-state index in [2.05, 4.69) is 26.8 Å². The SMILES string of the molecule is CC(=O)[C@@H]1[C@H](C)C[C@@H]2[C@@H]3CC=C4C[C@H](O)CC[C@]4(C)[C@@H]3CC[C@@]21C. The monoisotopic (exact) mass is 330 g/mol. The highest BCUT2D eigenvalue weighted by atomic mass is 16.3. The highest BCUT2D eigenvalue weighted by molar-refractivity contribution is 5.80. The number of ketones is 1. The molecule has 0 saturated heterocycles. The second-order valence-corrected chi connectivity index (χ2v) is 10.0. The van der Waals surface area contributed by atoms with E-state index in [1.54, 1.807) is 5.57 Å². The van der Waals surface area contributed by atoms with Gasteiger partial charge in [0.2, 0.25) is 0 Å². The Morgan fingerprint density at radius 1 is 1.21 bits per heavy atom. The summed E-state index contributed by atoms with van der Waals surface area (Å²) in [6, 6.07) is 0. The average molecular weight is 331 g/mol. The fourth-order valence-electron chi connectivity index (χ4n) is 7.87. The Labute approximate surface area is 147 Å². The number of hydrogen-bond donors (Lipinski definition) is 1.